The Labute approximate surface area is 61.1 Å². The maximum absolute atomic E-state index is 4.00. The highest BCUT2D eigenvalue weighted by atomic mass is 15.0. The van der Waals surface area contributed by atoms with E-state index in [1.165, 1.54) is 5.69 Å². The summed E-state index contributed by atoms with van der Waals surface area (Å²) in [6.45, 7) is 4.01. The van der Waals surface area contributed by atoms with Crippen molar-refractivity contribution in [2.45, 2.75) is 13.5 Å². The molecule has 1 N–H and O–H groups in total. The molecule has 0 aliphatic rings. The molecule has 10 heavy (non-hydrogen) atoms. The van der Waals surface area contributed by atoms with E-state index in [-0.39, 0.29) is 0 Å². The van der Waals surface area contributed by atoms with E-state index in [1.807, 2.05) is 24.1 Å². The highest BCUT2D eigenvalue weighted by molar-refractivity contribution is 4.96. The fourth-order valence-corrected chi connectivity index (χ4v) is 0.808. The molecule has 0 spiro atoms. The van der Waals surface area contributed by atoms with Gasteiger partial charge >= 0.3 is 0 Å². The summed E-state index contributed by atoms with van der Waals surface area (Å²) in [5, 5.41) is 3.23. The van der Waals surface area contributed by atoms with Crippen molar-refractivity contribution in [2.24, 2.45) is 7.05 Å². The van der Waals surface area contributed by atoms with Crippen LogP contribution in [0.15, 0.2) is 12.5 Å². The number of aromatic nitrogens is 2. The predicted molar refractivity (Wildman–Crippen MR) is 40.6 cm³/mol. The second-order valence-electron chi connectivity index (χ2n) is 2.28. The molecule has 0 atom stereocenters. The van der Waals surface area contributed by atoms with Crippen molar-refractivity contribution < 1.29 is 0 Å². The van der Waals surface area contributed by atoms with Gasteiger partial charge in [0.05, 0.1) is 12.0 Å². The van der Waals surface area contributed by atoms with Crippen LogP contribution >= 0.6 is 0 Å². The van der Waals surface area contributed by atoms with Crippen molar-refractivity contribution in [1.82, 2.24) is 14.9 Å². The van der Waals surface area contributed by atoms with Gasteiger partial charge in [-0.2, -0.15) is 0 Å². The first kappa shape index (κ1) is 7.28. The molecule has 0 radical (unpaired) electrons. The molecule has 0 aliphatic heterocycles. The Hall–Kier alpha value is -0.830. The predicted octanol–water partition coefficient (Wildman–Crippen LogP) is 0.530. The SMILES string of the molecule is CCNCc1cncn1C. The molecule has 1 aromatic rings. The standard InChI is InChI=1S/C7H13N3/c1-3-8-4-7-5-9-6-10(7)2/h5-6,8H,3-4H2,1-2H3. The average molecular weight is 139 g/mol. The van der Waals surface area contributed by atoms with Gasteiger partial charge in [0.1, 0.15) is 0 Å². The van der Waals surface area contributed by atoms with E-state index in [1.54, 1.807) is 0 Å². The molecule has 0 fully saturated rings. The van der Waals surface area contributed by atoms with Crippen molar-refractivity contribution >= 4 is 0 Å². The van der Waals surface area contributed by atoms with Gasteiger partial charge in [0.15, 0.2) is 0 Å². The van der Waals surface area contributed by atoms with E-state index in [0.29, 0.717) is 0 Å². The zero-order chi connectivity index (χ0) is 7.40. The van der Waals surface area contributed by atoms with Crippen LogP contribution < -0.4 is 5.32 Å². The minimum atomic E-state index is 0.910. The zero-order valence-electron chi connectivity index (χ0n) is 6.46. The molecule has 1 heterocycles. The third-order valence-corrected chi connectivity index (χ3v) is 1.47. The highest BCUT2D eigenvalue weighted by Crippen LogP contribution is 1.93. The maximum atomic E-state index is 4.00. The van der Waals surface area contributed by atoms with Gasteiger partial charge in [0.25, 0.3) is 0 Å². The Bertz CT molecular complexity index is 192. The maximum Gasteiger partial charge on any atom is 0.0945 e. The van der Waals surface area contributed by atoms with Gasteiger partial charge in [-0.25, -0.2) is 4.98 Å². The van der Waals surface area contributed by atoms with Crippen molar-refractivity contribution in [1.29, 1.82) is 0 Å². The molecule has 1 rings (SSSR count). The Morgan fingerprint density at radius 3 is 3.00 bits per heavy atom. The van der Waals surface area contributed by atoms with Gasteiger partial charge in [0.2, 0.25) is 0 Å². The molecule has 0 saturated carbocycles. The molecular weight excluding hydrogens is 126 g/mol. The summed E-state index contributed by atoms with van der Waals surface area (Å²) in [4.78, 5) is 4.00. The molecule has 1 aromatic heterocycles. The van der Waals surface area contributed by atoms with Crippen molar-refractivity contribution in [3.8, 4) is 0 Å². The third-order valence-electron chi connectivity index (χ3n) is 1.47. The molecule has 0 aromatic carbocycles. The fraction of sp³-hybridized carbons (Fsp3) is 0.571. The van der Waals surface area contributed by atoms with Crippen molar-refractivity contribution in [3.63, 3.8) is 0 Å². The number of hydrogen-bond donors (Lipinski definition) is 1. The molecule has 0 saturated heterocycles. The van der Waals surface area contributed by atoms with Crippen LogP contribution in [-0.2, 0) is 13.6 Å². The summed E-state index contributed by atoms with van der Waals surface area (Å²) in [7, 11) is 2.00. The highest BCUT2D eigenvalue weighted by Gasteiger charge is 1.94. The quantitative estimate of drug-likeness (QED) is 0.662. The van der Waals surface area contributed by atoms with Crippen LogP contribution in [0.2, 0.25) is 0 Å². The molecule has 0 bridgehead atoms. The van der Waals surface area contributed by atoms with E-state index in [9.17, 15) is 0 Å². The van der Waals surface area contributed by atoms with Crippen LogP contribution in [0, 0.1) is 0 Å². The largest absolute Gasteiger partial charge is 0.337 e. The minimum absolute atomic E-state index is 0.910. The Morgan fingerprint density at radius 2 is 2.50 bits per heavy atom. The van der Waals surface area contributed by atoms with E-state index in [0.717, 1.165) is 13.1 Å². The van der Waals surface area contributed by atoms with Gasteiger partial charge in [-0.3, -0.25) is 0 Å². The van der Waals surface area contributed by atoms with Gasteiger partial charge in [-0.05, 0) is 6.54 Å². The average Bonchev–Trinajstić information content (AvgIpc) is 2.31. The first-order valence-electron chi connectivity index (χ1n) is 3.50. The molecular formula is C7H13N3. The third kappa shape index (κ3) is 1.57. The topological polar surface area (TPSA) is 29.9 Å². The van der Waals surface area contributed by atoms with E-state index >= 15 is 0 Å². The number of rotatable bonds is 3. The van der Waals surface area contributed by atoms with Crippen LogP contribution in [0.1, 0.15) is 12.6 Å². The normalized spacial score (nSPS) is 10.2. The number of hydrogen-bond acceptors (Lipinski definition) is 2. The van der Waals surface area contributed by atoms with Gasteiger partial charge in [-0.1, -0.05) is 6.92 Å². The number of nitrogens with one attached hydrogen (secondary N) is 1. The summed E-state index contributed by atoms with van der Waals surface area (Å²) in [6, 6.07) is 0. The lowest BCUT2D eigenvalue weighted by Crippen LogP contribution is -2.13. The van der Waals surface area contributed by atoms with Crippen LogP contribution in [0.4, 0.5) is 0 Å². The second kappa shape index (κ2) is 3.37. The number of aryl methyl sites for hydroxylation is 1. The molecule has 56 valence electrons. The summed E-state index contributed by atoms with van der Waals surface area (Å²) in [5.74, 6) is 0. The van der Waals surface area contributed by atoms with Crippen LogP contribution in [0.25, 0.3) is 0 Å². The molecule has 3 heteroatoms. The van der Waals surface area contributed by atoms with Gasteiger partial charge < -0.3 is 9.88 Å². The Kier molecular flexibility index (Phi) is 2.45. The first-order valence-corrected chi connectivity index (χ1v) is 3.50. The van der Waals surface area contributed by atoms with Crippen LogP contribution in [0.3, 0.4) is 0 Å². The zero-order valence-corrected chi connectivity index (χ0v) is 6.46. The first-order chi connectivity index (χ1) is 4.84. The molecule has 0 amide bonds. The lowest BCUT2D eigenvalue weighted by Gasteiger charge is -2.00. The fourth-order valence-electron chi connectivity index (χ4n) is 0.808. The van der Waals surface area contributed by atoms with E-state index in [2.05, 4.69) is 17.2 Å². The monoisotopic (exact) mass is 139 g/mol. The van der Waals surface area contributed by atoms with E-state index in [4.69, 9.17) is 0 Å². The van der Waals surface area contributed by atoms with Crippen LogP contribution in [0.5, 0.6) is 0 Å². The molecule has 0 aliphatic carbocycles. The Balaban J connectivity index is 2.49. The molecule has 0 unspecified atom stereocenters. The Morgan fingerprint density at radius 1 is 1.70 bits per heavy atom. The van der Waals surface area contributed by atoms with Crippen molar-refractivity contribution in [2.75, 3.05) is 6.54 Å². The number of nitrogens with zero attached hydrogens (tertiary/aromatic N) is 2. The summed E-state index contributed by atoms with van der Waals surface area (Å²) >= 11 is 0. The van der Waals surface area contributed by atoms with Crippen LogP contribution in [-0.4, -0.2) is 16.1 Å². The number of imidazole rings is 1. The summed E-state index contributed by atoms with van der Waals surface area (Å²) in [6.07, 6.45) is 3.69. The summed E-state index contributed by atoms with van der Waals surface area (Å²) in [5.41, 5.74) is 1.22. The lowest BCUT2D eigenvalue weighted by atomic mass is 10.4. The molecule has 3 nitrogen and oxygen atoms in total. The van der Waals surface area contributed by atoms with Gasteiger partial charge in [0, 0.05) is 19.8 Å². The summed E-state index contributed by atoms with van der Waals surface area (Å²) < 4.78 is 2.02. The second-order valence-corrected chi connectivity index (χ2v) is 2.28. The lowest BCUT2D eigenvalue weighted by molar-refractivity contribution is 0.680. The minimum Gasteiger partial charge on any atom is -0.337 e. The van der Waals surface area contributed by atoms with Gasteiger partial charge in [-0.15, -0.1) is 0 Å². The van der Waals surface area contributed by atoms with Crippen molar-refractivity contribution in [3.05, 3.63) is 18.2 Å². The van der Waals surface area contributed by atoms with E-state index < -0.39 is 0 Å². The smallest absolute Gasteiger partial charge is 0.0945 e.